The van der Waals surface area contributed by atoms with Gasteiger partial charge in [0.1, 0.15) is 11.5 Å². The molecule has 30 heavy (non-hydrogen) atoms. The summed E-state index contributed by atoms with van der Waals surface area (Å²) < 4.78 is 12.7. The Morgan fingerprint density at radius 3 is 2.53 bits per heavy atom. The lowest BCUT2D eigenvalue weighted by Gasteiger charge is -2.15. The molecule has 0 saturated heterocycles. The summed E-state index contributed by atoms with van der Waals surface area (Å²) >= 11 is 0. The molecule has 0 saturated carbocycles. The van der Waals surface area contributed by atoms with Crippen LogP contribution in [0.2, 0.25) is 0 Å². The second kappa shape index (κ2) is 8.69. The molecule has 0 unspecified atom stereocenters. The van der Waals surface area contributed by atoms with Gasteiger partial charge in [-0.2, -0.15) is 0 Å². The lowest BCUT2D eigenvalue weighted by Crippen LogP contribution is -2.13. The molecule has 8 nitrogen and oxygen atoms in total. The summed E-state index contributed by atoms with van der Waals surface area (Å²) in [7, 11) is 3.20. The van der Waals surface area contributed by atoms with Crippen molar-refractivity contribution in [1.82, 2.24) is 4.57 Å². The number of rotatable bonds is 8. The minimum atomic E-state index is -0.545. The Morgan fingerprint density at radius 1 is 1.13 bits per heavy atom. The normalized spacial score (nSPS) is 10.6. The van der Waals surface area contributed by atoms with E-state index < -0.39 is 10.8 Å². The first-order chi connectivity index (χ1) is 14.3. The molecule has 0 aliphatic heterocycles. The number of nitrogens with zero attached hydrogens (tertiary/aromatic N) is 2. The maximum atomic E-state index is 11.9. The second-order valence-electron chi connectivity index (χ2n) is 6.78. The van der Waals surface area contributed by atoms with Crippen molar-refractivity contribution in [2.75, 3.05) is 14.2 Å². The van der Waals surface area contributed by atoms with Crippen LogP contribution in [0.5, 0.6) is 11.5 Å². The first-order valence-electron chi connectivity index (χ1n) is 9.31. The average molecular weight is 409 g/mol. The van der Waals surface area contributed by atoms with Crippen LogP contribution >= 0.6 is 0 Å². The maximum absolute atomic E-state index is 11.9. The Labute approximate surface area is 174 Å². The third-order valence-corrected chi connectivity index (χ3v) is 5.08. The number of benzene rings is 2. The molecule has 156 valence electrons. The highest BCUT2D eigenvalue weighted by atomic mass is 16.6. The molecule has 3 aromatic rings. The summed E-state index contributed by atoms with van der Waals surface area (Å²) in [6.07, 6.45) is 0.593. The van der Waals surface area contributed by atoms with Gasteiger partial charge >= 0.3 is 0 Å². The zero-order valence-corrected chi connectivity index (χ0v) is 17.0. The van der Waals surface area contributed by atoms with Crippen molar-refractivity contribution in [3.63, 3.8) is 0 Å². The number of aromatic nitrogens is 1. The van der Waals surface area contributed by atoms with Crippen LogP contribution in [0, 0.1) is 17.0 Å². The average Bonchev–Trinajstić information content (AvgIpc) is 3.08. The van der Waals surface area contributed by atoms with E-state index in [4.69, 9.17) is 15.2 Å². The fourth-order valence-electron chi connectivity index (χ4n) is 3.51. The van der Waals surface area contributed by atoms with Crippen LogP contribution in [0.1, 0.15) is 21.6 Å². The predicted octanol–water partition coefficient (Wildman–Crippen LogP) is 3.73. The van der Waals surface area contributed by atoms with E-state index in [1.54, 1.807) is 32.4 Å². The van der Waals surface area contributed by atoms with Crippen LogP contribution in [0.15, 0.2) is 48.5 Å². The highest BCUT2D eigenvalue weighted by Gasteiger charge is 2.19. The second-order valence-corrected chi connectivity index (χ2v) is 6.78. The van der Waals surface area contributed by atoms with Crippen LogP contribution in [-0.2, 0) is 13.0 Å². The number of aryl methyl sites for hydroxylation is 1. The number of ether oxygens (including phenoxy) is 2. The summed E-state index contributed by atoms with van der Waals surface area (Å²) in [4.78, 5) is 22.7. The van der Waals surface area contributed by atoms with Crippen molar-refractivity contribution in [2.45, 2.75) is 19.9 Å². The number of hydrogen-bond acceptors (Lipinski definition) is 5. The monoisotopic (exact) mass is 409 g/mol. The first kappa shape index (κ1) is 20.9. The maximum Gasteiger partial charge on any atom is 0.270 e. The number of methoxy groups -OCH3 is 2. The molecule has 8 heteroatoms. The molecule has 0 aliphatic carbocycles. The minimum Gasteiger partial charge on any atom is -0.497 e. The topological polar surface area (TPSA) is 110 Å². The Hall–Kier alpha value is -3.81. The number of non-ortho nitro benzene ring substituents is 1. The Bertz CT molecular complexity index is 1100. The minimum absolute atomic E-state index is 0.0204. The van der Waals surface area contributed by atoms with Gasteiger partial charge in [0.25, 0.3) is 11.6 Å². The number of carbonyl (C=O) groups is 1. The van der Waals surface area contributed by atoms with Crippen molar-refractivity contribution in [2.24, 2.45) is 5.73 Å². The van der Waals surface area contributed by atoms with Crippen molar-refractivity contribution < 1.29 is 19.2 Å². The summed E-state index contributed by atoms with van der Waals surface area (Å²) in [5, 5.41) is 11.2. The fourth-order valence-corrected chi connectivity index (χ4v) is 3.51. The number of carbonyl (C=O) groups excluding carboxylic acids is 1. The molecule has 0 fully saturated rings. The number of nitrogens with two attached hydrogens (primary N) is 1. The lowest BCUT2D eigenvalue weighted by molar-refractivity contribution is -0.384. The number of primary amides is 1. The van der Waals surface area contributed by atoms with E-state index in [1.807, 2.05) is 29.7 Å². The molecular formula is C22H23N3O5. The van der Waals surface area contributed by atoms with Gasteiger partial charge in [-0.05, 0) is 43.2 Å². The molecule has 0 spiro atoms. The van der Waals surface area contributed by atoms with Gasteiger partial charge in [-0.3, -0.25) is 14.9 Å². The molecule has 1 amide bonds. The van der Waals surface area contributed by atoms with E-state index in [0.29, 0.717) is 41.2 Å². The number of nitro benzene ring substituents is 1. The van der Waals surface area contributed by atoms with Crippen molar-refractivity contribution in [3.8, 4) is 22.8 Å². The van der Waals surface area contributed by atoms with Gasteiger partial charge in [0, 0.05) is 35.6 Å². The van der Waals surface area contributed by atoms with E-state index in [-0.39, 0.29) is 5.69 Å². The van der Waals surface area contributed by atoms with Gasteiger partial charge in [0.2, 0.25) is 0 Å². The SMILES string of the molecule is COc1ccc(OC)c(CCn2c(-c3cccc([N+](=O)[O-])c3)cc(C(N)=O)c2C)c1. The Balaban J connectivity index is 2.04. The number of nitro groups is 1. The van der Waals surface area contributed by atoms with Crippen LogP contribution in [0.3, 0.4) is 0 Å². The number of amides is 1. The Kier molecular flexibility index (Phi) is 6.06. The van der Waals surface area contributed by atoms with Gasteiger partial charge in [-0.1, -0.05) is 12.1 Å². The van der Waals surface area contributed by atoms with Gasteiger partial charge in [0.05, 0.1) is 24.7 Å². The van der Waals surface area contributed by atoms with E-state index in [0.717, 1.165) is 11.3 Å². The summed E-state index contributed by atoms with van der Waals surface area (Å²) in [5.41, 5.74) is 8.87. The van der Waals surface area contributed by atoms with Crippen LogP contribution in [0.4, 0.5) is 5.69 Å². The largest absolute Gasteiger partial charge is 0.497 e. The Morgan fingerprint density at radius 2 is 1.90 bits per heavy atom. The molecule has 0 aliphatic rings. The third-order valence-electron chi connectivity index (χ3n) is 5.08. The molecule has 0 atom stereocenters. The van der Waals surface area contributed by atoms with Crippen LogP contribution < -0.4 is 15.2 Å². The highest BCUT2D eigenvalue weighted by molar-refractivity contribution is 5.95. The molecule has 0 bridgehead atoms. The summed E-state index contributed by atoms with van der Waals surface area (Å²) in [6, 6.07) is 13.6. The standard InChI is InChI=1S/C22H23N3O5/c1-14-19(22(23)26)13-20(15-5-4-6-17(11-15)25(27)28)24(14)10-9-16-12-18(29-2)7-8-21(16)30-3/h4-8,11-13H,9-10H2,1-3H3,(H2,23,26). The molecule has 2 N–H and O–H groups in total. The van der Waals surface area contributed by atoms with Crippen molar-refractivity contribution >= 4 is 11.6 Å². The van der Waals surface area contributed by atoms with Gasteiger partial charge < -0.3 is 19.8 Å². The molecule has 0 radical (unpaired) electrons. The van der Waals surface area contributed by atoms with Gasteiger partial charge in [-0.25, -0.2) is 0 Å². The van der Waals surface area contributed by atoms with Gasteiger partial charge in [0.15, 0.2) is 0 Å². The predicted molar refractivity (Wildman–Crippen MR) is 113 cm³/mol. The lowest BCUT2D eigenvalue weighted by atomic mass is 10.1. The number of hydrogen-bond donors (Lipinski definition) is 1. The van der Waals surface area contributed by atoms with Gasteiger partial charge in [-0.15, -0.1) is 0 Å². The third kappa shape index (κ3) is 4.12. The van der Waals surface area contributed by atoms with E-state index in [9.17, 15) is 14.9 Å². The quantitative estimate of drug-likeness (QED) is 0.450. The van der Waals surface area contributed by atoms with E-state index in [1.165, 1.54) is 12.1 Å². The first-order valence-corrected chi connectivity index (χ1v) is 9.31. The van der Waals surface area contributed by atoms with Crippen molar-refractivity contribution in [3.05, 3.63) is 75.5 Å². The molecule has 1 heterocycles. The fraction of sp³-hybridized carbons (Fsp3) is 0.227. The smallest absolute Gasteiger partial charge is 0.270 e. The van der Waals surface area contributed by atoms with Crippen LogP contribution in [-0.4, -0.2) is 29.6 Å². The molecule has 3 rings (SSSR count). The highest BCUT2D eigenvalue weighted by Crippen LogP contribution is 2.30. The molecule has 2 aromatic carbocycles. The zero-order chi connectivity index (χ0) is 21.8. The summed E-state index contributed by atoms with van der Waals surface area (Å²) in [6.45, 7) is 2.32. The van der Waals surface area contributed by atoms with Crippen molar-refractivity contribution in [1.29, 1.82) is 0 Å². The van der Waals surface area contributed by atoms with E-state index in [2.05, 4.69) is 0 Å². The molecular weight excluding hydrogens is 386 g/mol. The van der Waals surface area contributed by atoms with E-state index >= 15 is 0 Å². The van der Waals surface area contributed by atoms with Crippen LogP contribution in [0.25, 0.3) is 11.3 Å². The summed E-state index contributed by atoms with van der Waals surface area (Å²) in [5.74, 6) is 0.899. The molecule has 1 aromatic heterocycles. The zero-order valence-electron chi connectivity index (χ0n) is 17.0.